The Morgan fingerprint density at radius 1 is 1.29 bits per heavy atom. The molecule has 0 spiro atoms. The second kappa shape index (κ2) is 8.34. The minimum atomic E-state index is -0.985. The van der Waals surface area contributed by atoms with Gasteiger partial charge in [0.2, 0.25) is 0 Å². The van der Waals surface area contributed by atoms with Crippen LogP contribution < -0.4 is 16.0 Å². The number of aromatic amines is 1. The van der Waals surface area contributed by atoms with Gasteiger partial charge in [-0.2, -0.15) is 0 Å². The SMILES string of the molecule is CCCn1c(SCCOc2ccc(C(=O)O)cc2)nc2c1c(=O)[nH]c(=O)n2C. The van der Waals surface area contributed by atoms with Crippen LogP contribution >= 0.6 is 11.8 Å². The van der Waals surface area contributed by atoms with E-state index in [-0.39, 0.29) is 5.56 Å². The van der Waals surface area contributed by atoms with Crippen LogP contribution in [0.1, 0.15) is 23.7 Å². The zero-order chi connectivity index (χ0) is 20.3. The number of carboxylic acid groups (broad SMARTS) is 1. The molecular weight excluding hydrogens is 384 g/mol. The average molecular weight is 404 g/mol. The van der Waals surface area contributed by atoms with Gasteiger partial charge in [0.15, 0.2) is 16.3 Å². The lowest BCUT2D eigenvalue weighted by atomic mass is 10.2. The Hall–Kier alpha value is -3.01. The van der Waals surface area contributed by atoms with Crippen molar-refractivity contribution in [1.82, 2.24) is 19.1 Å². The molecule has 10 heteroatoms. The fourth-order valence-electron chi connectivity index (χ4n) is 2.74. The summed E-state index contributed by atoms with van der Waals surface area (Å²) in [6.07, 6.45) is 0.813. The van der Waals surface area contributed by atoms with E-state index >= 15 is 0 Å². The first kappa shape index (κ1) is 19.7. The summed E-state index contributed by atoms with van der Waals surface area (Å²) in [5.41, 5.74) is 0.00126. The first-order valence-electron chi connectivity index (χ1n) is 8.71. The van der Waals surface area contributed by atoms with Crippen LogP contribution in [0.4, 0.5) is 0 Å². The lowest BCUT2D eigenvalue weighted by molar-refractivity contribution is 0.0697. The van der Waals surface area contributed by atoms with Crippen molar-refractivity contribution < 1.29 is 14.6 Å². The third kappa shape index (κ3) is 3.96. The number of nitrogens with one attached hydrogen (secondary N) is 1. The van der Waals surface area contributed by atoms with Crippen LogP contribution in [-0.4, -0.2) is 42.5 Å². The summed E-state index contributed by atoms with van der Waals surface area (Å²) in [5, 5.41) is 9.55. The number of aryl methyl sites for hydroxylation is 2. The monoisotopic (exact) mass is 404 g/mol. The highest BCUT2D eigenvalue weighted by molar-refractivity contribution is 7.99. The van der Waals surface area contributed by atoms with Crippen LogP contribution in [0.3, 0.4) is 0 Å². The Labute approximate surface area is 164 Å². The highest BCUT2D eigenvalue weighted by Gasteiger charge is 2.17. The summed E-state index contributed by atoms with van der Waals surface area (Å²) in [5.74, 6) is 0.160. The zero-order valence-electron chi connectivity index (χ0n) is 15.5. The number of fused-ring (bicyclic) bond motifs is 1. The molecular formula is C18H20N4O5S. The summed E-state index contributed by atoms with van der Waals surface area (Å²) < 4.78 is 8.78. The Morgan fingerprint density at radius 2 is 2.00 bits per heavy atom. The van der Waals surface area contributed by atoms with Gasteiger partial charge in [0.05, 0.1) is 12.2 Å². The minimum absolute atomic E-state index is 0.200. The van der Waals surface area contributed by atoms with E-state index in [0.717, 1.165) is 6.42 Å². The molecule has 0 amide bonds. The fourth-order valence-corrected chi connectivity index (χ4v) is 3.58. The van der Waals surface area contributed by atoms with E-state index in [1.165, 1.54) is 28.5 Å². The summed E-state index contributed by atoms with van der Waals surface area (Å²) in [4.78, 5) is 41.7. The molecule has 0 aliphatic heterocycles. The lowest BCUT2D eigenvalue weighted by Gasteiger charge is -2.08. The normalized spacial score (nSPS) is 11.1. The van der Waals surface area contributed by atoms with Gasteiger partial charge in [-0.3, -0.25) is 14.3 Å². The average Bonchev–Trinajstić information content (AvgIpc) is 3.03. The molecule has 2 aromatic heterocycles. The van der Waals surface area contributed by atoms with E-state index in [1.54, 1.807) is 19.2 Å². The van der Waals surface area contributed by atoms with E-state index in [4.69, 9.17) is 9.84 Å². The number of imidazole rings is 1. The first-order valence-corrected chi connectivity index (χ1v) is 9.69. The van der Waals surface area contributed by atoms with Gasteiger partial charge >= 0.3 is 11.7 Å². The van der Waals surface area contributed by atoms with Gasteiger partial charge in [0, 0.05) is 19.3 Å². The number of benzene rings is 1. The van der Waals surface area contributed by atoms with Crippen molar-refractivity contribution in [2.45, 2.75) is 25.0 Å². The summed E-state index contributed by atoms with van der Waals surface area (Å²) in [6.45, 7) is 2.99. The number of ether oxygens (including phenoxy) is 1. The number of hydrogen-bond donors (Lipinski definition) is 2. The minimum Gasteiger partial charge on any atom is -0.493 e. The van der Waals surface area contributed by atoms with Crippen molar-refractivity contribution in [2.75, 3.05) is 12.4 Å². The van der Waals surface area contributed by atoms with Gasteiger partial charge in [-0.1, -0.05) is 18.7 Å². The quantitative estimate of drug-likeness (QED) is 0.433. The number of hydrogen-bond acceptors (Lipinski definition) is 6. The molecule has 0 atom stereocenters. The summed E-state index contributed by atoms with van der Waals surface area (Å²) in [6, 6.07) is 6.18. The molecule has 0 unspecified atom stereocenters. The highest BCUT2D eigenvalue weighted by atomic mass is 32.2. The van der Waals surface area contributed by atoms with Gasteiger partial charge in [-0.05, 0) is 30.7 Å². The van der Waals surface area contributed by atoms with Crippen LogP contribution in [0.2, 0.25) is 0 Å². The standard InChI is InChI=1S/C18H20N4O5S/c1-3-8-22-13-14(21(2)17(26)20-15(13)23)19-18(22)28-10-9-27-12-6-4-11(5-7-12)16(24)25/h4-7H,3,8-10H2,1-2H3,(H,24,25)(H,20,23,26). The number of aromatic nitrogens is 4. The third-order valence-electron chi connectivity index (χ3n) is 4.10. The van der Waals surface area contributed by atoms with E-state index in [1.807, 2.05) is 11.5 Å². The molecule has 0 saturated carbocycles. The van der Waals surface area contributed by atoms with Crippen LogP contribution in [-0.2, 0) is 13.6 Å². The summed E-state index contributed by atoms with van der Waals surface area (Å²) >= 11 is 1.43. The van der Waals surface area contributed by atoms with Gasteiger partial charge in [0.1, 0.15) is 5.75 Å². The van der Waals surface area contributed by atoms with E-state index in [9.17, 15) is 14.4 Å². The molecule has 0 bridgehead atoms. The zero-order valence-corrected chi connectivity index (χ0v) is 16.3. The maximum atomic E-state index is 12.2. The van der Waals surface area contributed by atoms with Crippen molar-refractivity contribution >= 4 is 28.9 Å². The first-order chi connectivity index (χ1) is 13.4. The third-order valence-corrected chi connectivity index (χ3v) is 5.04. The second-order valence-corrected chi connectivity index (χ2v) is 7.13. The van der Waals surface area contributed by atoms with Crippen molar-refractivity contribution in [3.05, 3.63) is 50.7 Å². The van der Waals surface area contributed by atoms with E-state index in [2.05, 4.69) is 9.97 Å². The molecule has 0 fully saturated rings. The Balaban J connectivity index is 1.73. The molecule has 3 aromatic rings. The molecule has 148 valence electrons. The van der Waals surface area contributed by atoms with Crippen LogP contribution in [0.15, 0.2) is 39.0 Å². The highest BCUT2D eigenvalue weighted by Crippen LogP contribution is 2.22. The molecule has 9 nitrogen and oxygen atoms in total. The maximum Gasteiger partial charge on any atom is 0.335 e. The predicted octanol–water partition coefficient (Wildman–Crippen LogP) is 1.70. The molecule has 0 aliphatic carbocycles. The van der Waals surface area contributed by atoms with E-state index < -0.39 is 17.2 Å². The number of rotatable bonds is 8. The molecule has 2 heterocycles. The van der Waals surface area contributed by atoms with Crippen molar-refractivity contribution in [1.29, 1.82) is 0 Å². The molecule has 0 saturated heterocycles. The topological polar surface area (TPSA) is 119 Å². The molecule has 1 aromatic carbocycles. The van der Waals surface area contributed by atoms with Crippen LogP contribution in [0.5, 0.6) is 5.75 Å². The van der Waals surface area contributed by atoms with Crippen molar-refractivity contribution in [3.8, 4) is 5.75 Å². The Bertz CT molecular complexity index is 1110. The van der Waals surface area contributed by atoms with Crippen molar-refractivity contribution in [2.24, 2.45) is 7.05 Å². The maximum absolute atomic E-state index is 12.2. The largest absolute Gasteiger partial charge is 0.493 e. The number of carboxylic acids is 1. The Morgan fingerprint density at radius 3 is 2.64 bits per heavy atom. The number of H-pyrrole nitrogens is 1. The van der Waals surface area contributed by atoms with Gasteiger partial charge in [-0.15, -0.1) is 0 Å². The van der Waals surface area contributed by atoms with Gasteiger partial charge < -0.3 is 14.4 Å². The fraction of sp³-hybridized carbons (Fsp3) is 0.333. The van der Waals surface area contributed by atoms with Crippen molar-refractivity contribution in [3.63, 3.8) is 0 Å². The molecule has 2 N–H and O–H groups in total. The molecule has 0 radical (unpaired) electrons. The van der Waals surface area contributed by atoms with Gasteiger partial charge in [-0.25, -0.2) is 14.6 Å². The van der Waals surface area contributed by atoms with Crippen LogP contribution in [0.25, 0.3) is 11.2 Å². The number of aromatic carboxylic acids is 1. The summed E-state index contributed by atoms with van der Waals surface area (Å²) in [7, 11) is 1.57. The van der Waals surface area contributed by atoms with E-state index in [0.29, 0.717) is 41.0 Å². The molecule has 28 heavy (non-hydrogen) atoms. The number of thioether (sulfide) groups is 1. The smallest absolute Gasteiger partial charge is 0.335 e. The molecule has 0 aliphatic rings. The second-order valence-electron chi connectivity index (χ2n) is 6.06. The number of carbonyl (C=O) groups is 1. The molecule has 3 rings (SSSR count). The lowest BCUT2D eigenvalue weighted by Crippen LogP contribution is -2.29. The predicted molar refractivity (Wildman–Crippen MR) is 106 cm³/mol. The number of nitrogens with zero attached hydrogens (tertiary/aromatic N) is 3. The van der Waals surface area contributed by atoms with Crippen LogP contribution in [0, 0.1) is 0 Å². The van der Waals surface area contributed by atoms with Gasteiger partial charge in [0.25, 0.3) is 5.56 Å². The Kier molecular flexibility index (Phi) is 5.88.